The van der Waals surface area contributed by atoms with Crippen molar-refractivity contribution in [2.45, 2.75) is 25.2 Å². The van der Waals surface area contributed by atoms with E-state index in [0.29, 0.717) is 34.8 Å². The van der Waals surface area contributed by atoms with Crippen LogP contribution in [0.25, 0.3) is 0 Å². The van der Waals surface area contributed by atoms with Gasteiger partial charge < -0.3 is 10.1 Å². The summed E-state index contributed by atoms with van der Waals surface area (Å²) in [6, 6.07) is 4.08. The number of aromatic nitrogens is 2. The number of ether oxygens (including phenoxy) is 1. The van der Waals surface area contributed by atoms with Gasteiger partial charge in [0, 0.05) is 25.4 Å². The number of anilines is 1. The van der Waals surface area contributed by atoms with E-state index in [-0.39, 0.29) is 5.92 Å². The summed E-state index contributed by atoms with van der Waals surface area (Å²) in [4.78, 5) is 8.62. The van der Waals surface area contributed by atoms with Crippen molar-refractivity contribution in [2.75, 3.05) is 24.9 Å². The van der Waals surface area contributed by atoms with Crippen LogP contribution < -0.4 is 10.1 Å². The summed E-state index contributed by atoms with van der Waals surface area (Å²) in [6.45, 7) is 0.317. The number of hydrogen-bond donors (Lipinski definition) is 1. The molecule has 1 aliphatic rings. The highest BCUT2D eigenvalue weighted by Gasteiger charge is 2.28. The van der Waals surface area contributed by atoms with Gasteiger partial charge in [0.2, 0.25) is 5.95 Å². The van der Waals surface area contributed by atoms with Gasteiger partial charge in [0.1, 0.15) is 12.7 Å². The summed E-state index contributed by atoms with van der Waals surface area (Å²) in [5.74, 6) is 1.49. The lowest BCUT2D eigenvalue weighted by molar-refractivity contribution is 0.341. The van der Waals surface area contributed by atoms with Crippen molar-refractivity contribution in [3.63, 3.8) is 0 Å². The van der Waals surface area contributed by atoms with Crippen LogP contribution >= 0.6 is 23.2 Å². The Morgan fingerprint density at radius 1 is 1.40 bits per heavy atom. The van der Waals surface area contributed by atoms with Crippen LogP contribution in [-0.2, 0) is 6.42 Å². The Morgan fingerprint density at radius 2 is 2.16 bits per heavy atom. The van der Waals surface area contributed by atoms with Gasteiger partial charge in [-0.15, -0.1) is 11.6 Å². The van der Waals surface area contributed by atoms with Crippen LogP contribution in [0.4, 0.5) is 5.95 Å². The van der Waals surface area contributed by atoms with E-state index in [2.05, 4.69) is 21.4 Å². The molecule has 0 bridgehead atoms. The summed E-state index contributed by atoms with van der Waals surface area (Å²) >= 11 is 12.3. The van der Waals surface area contributed by atoms with E-state index in [4.69, 9.17) is 27.9 Å². The number of hydrogen-bond acceptors (Lipinski definition) is 5. The second-order valence-electron chi connectivity index (χ2n) is 5.82. The fourth-order valence-electron chi connectivity index (χ4n) is 3.25. The summed E-state index contributed by atoms with van der Waals surface area (Å²) in [5, 5.41) is 13.0. The van der Waals surface area contributed by atoms with Crippen molar-refractivity contribution in [1.29, 1.82) is 5.26 Å². The number of nitrogens with one attached hydrogen (secondary N) is 1. The lowest BCUT2D eigenvalue weighted by atomic mass is 9.79. The topological polar surface area (TPSA) is 70.8 Å². The first kappa shape index (κ1) is 17.8. The van der Waals surface area contributed by atoms with Gasteiger partial charge in [0.25, 0.3) is 0 Å². The Bertz CT molecular complexity index is 802. The predicted octanol–water partition coefficient (Wildman–Crippen LogP) is 4.13. The molecule has 0 aliphatic heterocycles. The molecule has 0 amide bonds. The summed E-state index contributed by atoms with van der Waals surface area (Å²) < 4.78 is 5.63. The average Bonchev–Trinajstić information content (AvgIpc) is 2.66. The Balaban J connectivity index is 2.05. The molecule has 0 spiro atoms. The highest BCUT2D eigenvalue weighted by molar-refractivity contribution is 6.33. The van der Waals surface area contributed by atoms with Crippen LogP contribution in [0.15, 0.2) is 18.5 Å². The molecule has 7 heteroatoms. The molecule has 130 valence electrons. The highest BCUT2D eigenvalue weighted by Crippen LogP contribution is 2.44. The van der Waals surface area contributed by atoms with Crippen LogP contribution in [0.2, 0.25) is 5.02 Å². The van der Waals surface area contributed by atoms with Crippen LogP contribution in [0.1, 0.15) is 41.0 Å². The molecule has 1 heterocycles. The number of benzene rings is 1. The standard InChI is InChI=1S/C18H18Cl2N4O/c1-22-18-23-9-12(10-24-18)13-3-2-4-14-15(13)7-11(8-21)17(16(14)20)25-6-5-19/h7,9-10,13H,2-6H2,1H3,(H,22,23,24). The van der Waals surface area contributed by atoms with Gasteiger partial charge in [-0.05, 0) is 42.0 Å². The van der Waals surface area contributed by atoms with Crippen LogP contribution in [0, 0.1) is 11.3 Å². The zero-order chi connectivity index (χ0) is 17.8. The second-order valence-corrected chi connectivity index (χ2v) is 6.58. The maximum absolute atomic E-state index is 9.51. The Kier molecular flexibility index (Phi) is 5.62. The number of halogens is 2. The largest absolute Gasteiger partial charge is 0.489 e. The van der Waals surface area contributed by atoms with Crippen molar-refractivity contribution < 1.29 is 4.74 Å². The van der Waals surface area contributed by atoms with Gasteiger partial charge in [0.15, 0.2) is 5.75 Å². The number of alkyl halides is 1. The van der Waals surface area contributed by atoms with E-state index in [0.717, 1.165) is 36.0 Å². The van der Waals surface area contributed by atoms with Crippen molar-refractivity contribution in [3.8, 4) is 11.8 Å². The molecule has 0 saturated heterocycles. The molecule has 3 rings (SSSR count). The zero-order valence-electron chi connectivity index (χ0n) is 13.9. The third-order valence-electron chi connectivity index (χ3n) is 4.39. The SMILES string of the molecule is CNc1ncc(C2CCCc3c2cc(C#N)c(OCCCl)c3Cl)cn1. The van der Waals surface area contributed by atoms with Gasteiger partial charge in [-0.3, -0.25) is 0 Å². The lowest BCUT2D eigenvalue weighted by Crippen LogP contribution is -2.14. The molecule has 0 fully saturated rings. The first-order valence-corrected chi connectivity index (χ1v) is 9.04. The Hall–Kier alpha value is -2.03. The maximum atomic E-state index is 9.51. The smallest absolute Gasteiger partial charge is 0.222 e. The number of nitrogens with zero attached hydrogens (tertiary/aromatic N) is 3. The molecule has 0 radical (unpaired) electrons. The summed E-state index contributed by atoms with van der Waals surface area (Å²) in [5.41, 5.74) is 3.56. The molecular weight excluding hydrogens is 359 g/mol. The summed E-state index contributed by atoms with van der Waals surface area (Å²) in [6.07, 6.45) is 6.50. The quantitative estimate of drug-likeness (QED) is 0.794. The summed E-state index contributed by atoms with van der Waals surface area (Å²) in [7, 11) is 1.78. The minimum Gasteiger partial charge on any atom is -0.489 e. The van der Waals surface area contributed by atoms with E-state index < -0.39 is 0 Å². The van der Waals surface area contributed by atoms with Gasteiger partial charge >= 0.3 is 0 Å². The van der Waals surface area contributed by atoms with Crippen molar-refractivity contribution >= 4 is 29.2 Å². The fraction of sp³-hybridized carbons (Fsp3) is 0.389. The van der Waals surface area contributed by atoms with Crippen molar-refractivity contribution in [3.05, 3.63) is 45.7 Å². The third-order valence-corrected chi connectivity index (χ3v) is 4.95. The molecule has 1 atom stereocenters. The molecular formula is C18H18Cl2N4O. The van der Waals surface area contributed by atoms with Gasteiger partial charge in [0.05, 0.1) is 16.5 Å². The monoisotopic (exact) mass is 376 g/mol. The molecule has 1 N–H and O–H groups in total. The molecule has 1 unspecified atom stereocenters. The number of fused-ring (bicyclic) bond motifs is 1. The Labute approximate surface area is 157 Å². The highest BCUT2D eigenvalue weighted by atomic mass is 35.5. The van der Waals surface area contributed by atoms with E-state index in [9.17, 15) is 5.26 Å². The van der Waals surface area contributed by atoms with Crippen LogP contribution in [-0.4, -0.2) is 29.5 Å². The average molecular weight is 377 g/mol. The molecule has 5 nitrogen and oxygen atoms in total. The number of rotatable bonds is 5. The number of nitriles is 1. The minimum atomic E-state index is 0.126. The second kappa shape index (κ2) is 7.90. The van der Waals surface area contributed by atoms with Crippen molar-refractivity contribution in [1.82, 2.24) is 9.97 Å². The molecule has 1 aliphatic carbocycles. The van der Waals surface area contributed by atoms with E-state index >= 15 is 0 Å². The molecule has 1 aromatic carbocycles. The Morgan fingerprint density at radius 3 is 2.80 bits per heavy atom. The van der Waals surface area contributed by atoms with Crippen molar-refractivity contribution in [2.24, 2.45) is 0 Å². The normalized spacial score (nSPS) is 16.0. The lowest BCUT2D eigenvalue weighted by Gasteiger charge is -2.27. The van der Waals surface area contributed by atoms with Crippen LogP contribution in [0.3, 0.4) is 0 Å². The van der Waals surface area contributed by atoms with E-state index in [1.165, 1.54) is 0 Å². The molecule has 25 heavy (non-hydrogen) atoms. The first-order chi connectivity index (χ1) is 12.2. The third kappa shape index (κ3) is 3.51. The van der Waals surface area contributed by atoms with E-state index in [1.807, 2.05) is 18.5 Å². The zero-order valence-corrected chi connectivity index (χ0v) is 15.4. The van der Waals surface area contributed by atoms with Gasteiger partial charge in [-0.25, -0.2) is 9.97 Å². The van der Waals surface area contributed by atoms with Crippen LogP contribution in [0.5, 0.6) is 5.75 Å². The van der Waals surface area contributed by atoms with E-state index in [1.54, 1.807) is 7.05 Å². The molecule has 2 aromatic rings. The molecule has 1 aromatic heterocycles. The maximum Gasteiger partial charge on any atom is 0.222 e. The van der Waals surface area contributed by atoms with Gasteiger partial charge in [-0.2, -0.15) is 5.26 Å². The molecule has 0 saturated carbocycles. The predicted molar refractivity (Wildman–Crippen MR) is 98.7 cm³/mol. The first-order valence-electron chi connectivity index (χ1n) is 8.13. The van der Waals surface area contributed by atoms with Gasteiger partial charge in [-0.1, -0.05) is 11.6 Å². The fourth-order valence-corrected chi connectivity index (χ4v) is 3.69. The minimum absolute atomic E-state index is 0.126.